The molecule has 0 aromatic carbocycles. The molecule has 0 amide bonds. The molecule has 4 aromatic heterocycles. The first-order valence-corrected chi connectivity index (χ1v) is 9.69. The van der Waals surface area contributed by atoms with Gasteiger partial charge in [-0.05, 0) is 43.9 Å². The number of hydrogen-bond donors (Lipinski definition) is 2. The summed E-state index contributed by atoms with van der Waals surface area (Å²) in [4.78, 5) is 32.2. The number of aromatic nitrogens is 7. The molecule has 1 saturated carbocycles. The van der Waals surface area contributed by atoms with Crippen LogP contribution in [0.2, 0.25) is 0 Å². The van der Waals surface area contributed by atoms with E-state index in [2.05, 4.69) is 35.3 Å². The van der Waals surface area contributed by atoms with Crippen LogP contribution in [0.5, 0.6) is 0 Å². The molecule has 1 fully saturated rings. The van der Waals surface area contributed by atoms with E-state index in [4.69, 9.17) is 0 Å². The second-order valence-corrected chi connectivity index (χ2v) is 7.21. The molecule has 0 aliphatic heterocycles. The number of nitrogens with zero attached hydrogens (tertiary/aromatic N) is 6. The highest BCUT2D eigenvalue weighted by molar-refractivity contribution is 5.82. The molecule has 1 aliphatic rings. The number of anilines is 1. The van der Waals surface area contributed by atoms with Crippen LogP contribution in [-0.4, -0.2) is 40.7 Å². The van der Waals surface area contributed by atoms with E-state index in [0.717, 1.165) is 48.3 Å². The molecule has 0 saturated heterocycles. The molecule has 0 radical (unpaired) electrons. The maximum Gasteiger partial charge on any atom is 0.267 e. The maximum atomic E-state index is 12.4. The van der Waals surface area contributed by atoms with Gasteiger partial charge in [0.25, 0.3) is 5.56 Å². The zero-order valence-electron chi connectivity index (χ0n) is 15.7. The number of imidazole rings is 1. The number of H-pyrrole nitrogens is 1. The number of nitrogens with one attached hydrogen (secondary N) is 2. The van der Waals surface area contributed by atoms with Crippen molar-refractivity contribution in [3.8, 4) is 11.3 Å². The van der Waals surface area contributed by atoms with Crippen LogP contribution in [0.3, 0.4) is 0 Å². The van der Waals surface area contributed by atoms with E-state index in [9.17, 15) is 4.79 Å². The summed E-state index contributed by atoms with van der Waals surface area (Å²) >= 11 is 0. The van der Waals surface area contributed by atoms with Gasteiger partial charge in [-0.1, -0.05) is 0 Å². The Morgan fingerprint density at radius 3 is 2.66 bits per heavy atom. The van der Waals surface area contributed by atoms with Gasteiger partial charge >= 0.3 is 0 Å². The number of rotatable bonds is 4. The number of pyridine rings is 1. The first kappa shape index (κ1) is 17.5. The molecule has 0 atom stereocenters. The SMILES string of the molecule is O=c1ccc(-c2ccncc2)nn1C1CCC(Nc2ncnc3nc[nH]c23)CC1. The lowest BCUT2D eigenvalue weighted by Gasteiger charge is -2.30. The Labute approximate surface area is 166 Å². The molecule has 5 rings (SSSR count). The third kappa shape index (κ3) is 3.46. The predicted molar refractivity (Wildman–Crippen MR) is 108 cm³/mol. The summed E-state index contributed by atoms with van der Waals surface area (Å²) in [7, 11) is 0. The minimum atomic E-state index is -0.0609. The fourth-order valence-electron chi connectivity index (χ4n) is 3.90. The molecule has 1 aliphatic carbocycles. The molecule has 0 bridgehead atoms. The second-order valence-electron chi connectivity index (χ2n) is 7.21. The van der Waals surface area contributed by atoms with Crippen molar-refractivity contribution in [2.75, 3.05) is 5.32 Å². The van der Waals surface area contributed by atoms with Crippen LogP contribution in [0.15, 0.2) is 54.1 Å². The molecule has 4 heterocycles. The van der Waals surface area contributed by atoms with Crippen LogP contribution in [0.1, 0.15) is 31.7 Å². The standard InChI is InChI=1S/C20H20N8O/c29-17-6-5-16(13-7-9-21-10-8-13)27-28(17)15-3-1-14(2-4-15)26-20-18-19(23-11-22-18)24-12-25-20/h5-12,14-15H,1-4H2,(H2,22,23,24,25,26). The summed E-state index contributed by atoms with van der Waals surface area (Å²) in [6.45, 7) is 0. The van der Waals surface area contributed by atoms with Crippen LogP contribution in [0.4, 0.5) is 5.82 Å². The van der Waals surface area contributed by atoms with E-state index < -0.39 is 0 Å². The molecule has 0 spiro atoms. The van der Waals surface area contributed by atoms with E-state index in [1.54, 1.807) is 35.5 Å². The number of aromatic amines is 1. The van der Waals surface area contributed by atoms with E-state index >= 15 is 0 Å². The van der Waals surface area contributed by atoms with Crippen LogP contribution < -0.4 is 10.9 Å². The Morgan fingerprint density at radius 1 is 1.00 bits per heavy atom. The van der Waals surface area contributed by atoms with Crippen molar-refractivity contribution in [3.05, 3.63) is 59.7 Å². The number of hydrogen-bond acceptors (Lipinski definition) is 7. The van der Waals surface area contributed by atoms with Crippen molar-refractivity contribution in [1.29, 1.82) is 0 Å². The quantitative estimate of drug-likeness (QED) is 0.552. The summed E-state index contributed by atoms with van der Waals surface area (Å²) in [5, 5.41) is 8.13. The van der Waals surface area contributed by atoms with Crippen LogP contribution in [-0.2, 0) is 0 Å². The molecule has 9 heteroatoms. The van der Waals surface area contributed by atoms with E-state index in [-0.39, 0.29) is 17.6 Å². The summed E-state index contributed by atoms with van der Waals surface area (Å²) in [5.41, 5.74) is 3.15. The van der Waals surface area contributed by atoms with Gasteiger partial charge in [-0.15, -0.1) is 0 Å². The van der Waals surface area contributed by atoms with Crippen LogP contribution in [0, 0.1) is 0 Å². The molecule has 146 valence electrons. The Morgan fingerprint density at radius 2 is 1.83 bits per heavy atom. The smallest absolute Gasteiger partial charge is 0.267 e. The zero-order chi connectivity index (χ0) is 19.6. The van der Waals surface area contributed by atoms with Crippen molar-refractivity contribution < 1.29 is 0 Å². The van der Waals surface area contributed by atoms with Crippen molar-refractivity contribution >= 4 is 17.0 Å². The molecular weight excluding hydrogens is 368 g/mol. The van der Waals surface area contributed by atoms with Gasteiger partial charge in [0.15, 0.2) is 11.5 Å². The fourth-order valence-corrected chi connectivity index (χ4v) is 3.90. The van der Waals surface area contributed by atoms with Crippen molar-refractivity contribution in [3.63, 3.8) is 0 Å². The average molecular weight is 388 g/mol. The lowest BCUT2D eigenvalue weighted by Crippen LogP contribution is -2.33. The van der Waals surface area contributed by atoms with Gasteiger partial charge in [0.1, 0.15) is 11.8 Å². The first-order valence-electron chi connectivity index (χ1n) is 9.69. The molecule has 9 nitrogen and oxygen atoms in total. The topological polar surface area (TPSA) is 114 Å². The average Bonchev–Trinajstić information content (AvgIpc) is 3.25. The Hall–Kier alpha value is -3.62. The van der Waals surface area contributed by atoms with E-state index in [1.807, 2.05) is 12.1 Å². The van der Waals surface area contributed by atoms with Gasteiger partial charge in [-0.25, -0.2) is 19.6 Å². The number of fused-ring (bicyclic) bond motifs is 1. The summed E-state index contributed by atoms with van der Waals surface area (Å²) in [6.07, 6.45) is 10.2. The molecule has 2 N–H and O–H groups in total. The highest BCUT2D eigenvalue weighted by Crippen LogP contribution is 2.30. The van der Waals surface area contributed by atoms with Gasteiger partial charge in [0.05, 0.1) is 18.1 Å². The van der Waals surface area contributed by atoms with Gasteiger partial charge < -0.3 is 10.3 Å². The largest absolute Gasteiger partial charge is 0.365 e. The van der Waals surface area contributed by atoms with Crippen molar-refractivity contribution in [2.24, 2.45) is 0 Å². The minimum absolute atomic E-state index is 0.0609. The van der Waals surface area contributed by atoms with Gasteiger partial charge in [-0.2, -0.15) is 5.10 Å². The molecular formula is C20H20N8O. The van der Waals surface area contributed by atoms with Crippen LogP contribution >= 0.6 is 0 Å². The van der Waals surface area contributed by atoms with Gasteiger partial charge in [-0.3, -0.25) is 9.78 Å². The monoisotopic (exact) mass is 388 g/mol. The Bertz CT molecular complexity index is 1180. The summed E-state index contributed by atoms with van der Waals surface area (Å²) in [5.74, 6) is 0.769. The van der Waals surface area contributed by atoms with E-state index in [1.165, 1.54) is 6.33 Å². The lowest BCUT2D eigenvalue weighted by molar-refractivity contribution is 0.304. The molecule has 4 aromatic rings. The minimum Gasteiger partial charge on any atom is -0.365 e. The van der Waals surface area contributed by atoms with Crippen molar-refractivity contribution in [1.82, 2.24) is 34.7 Å². The normalized spacial score (nSPS) is 19.3. The lowest BCUT2D eigenvalue weighted by atomic mass is 9.91. The third-order valence-corrected chi connectivity index (χ3v) is 5.41. The second kappa shape index (κ2) is 7.42. The summed E-state index contributed by atoms with van der Waals surface area (Å²) < 4.78 is 1.64. The van der Waals surface area contributed by atoms with Crippen LogP contribution in [0.25, 0.3) is 22.4 Å². The van der Waals surface area contributed by atoms with Gasteiger partial charge in [0.2, 0.25) is 0 Å². The molecule has 0 unspecified atom stereocenters. The van der Waals surface area contributed by atoms with Crippen molar-refractivity contribution in [2.45, 2.75) is 37.8 Å². The Balaban J connectivity index is 1.31. The van der Waals surface area contributed by atoms with E-state index in [0.29, 0.717) is 5.65 Å². The zero-order valence-corrected chi connectivity index (χ0v) is 15.7. The third-order valence-electron chi connectivity index (χ3n) is 5.41. The maximum absolute atomic E-state index is 12.4. The predicted octanol–water partition coefficient (Wildman–Crippen LogP) is 2.57. The molecule has 29 heavy (non-hydrogen) atoms. The Kier molecular flexibility index (Phi) is 4.47. The fraction of sp³-hybridized carbons (Fsp3) is 0.300. The highest BCUT2D eigenvalue weighted by atomic mass is 16.1. The summed E-state index contributed by atoms with van der Waals surface area (Å²) in [6, 6.07) is 7.55. The first-order chi connectivity index (χ1) is 14.3. The highest BCUT2D eigenvalue weighted by Gasteiger charge is 2.25. The van der Waals surface area contributed by atoms with Gasteiger partial charge in [0, 0.05) is 30.1 Å².